The molecule has 1 N–H and O–H groups in total. The zero-order valence-electron chi connectivity index (χ0n) is 13.3. The fourth-order valence-electron chi connectivity index (χ4n) is 6.61. The van der Waals surface area contributed by atoms with E-state index in [0.29, 0.717) is 17.6 Å². The van der Waals surface area contributed by atoms with E-state index in [1.165, 1.54) is 32.1 Å². The maximum atomic E-state index is 11.8. The summed E-state index contributed by atoms with van der Waals surface area (Å²) in [4.78, 5) is 11.8. The van der Waals surface area contributed by atoms with Crippen LogP contribution < -0.4 is 0 Å². The van der Waals surface area contributed by atoms with E-state index >= 15 is 0 Å². The SMILES string of the molecule is C[C@]12C=CC(=O)C[C@H]1CC[C@@H]1[C@@H]2CC[C@]2(C)C(O)CC[C@@H]12. The van der Waals surface area contributed by atoms with Crippen LogP contribution in [0.1, 0.15) is 58.8 Å². The molecule has 3 saturated carbocycles. The average molecular weight is 288 g/mol. The first-order chi connectivity index (χ1) is 9.95. The number of carbonyl (C=O) groups excluding carboxylic acids is 1. The minimum atomic E-state index is -0.0857. The lowest BCUT2D eigenvalue weighted by Gasteiger charge is -2.58. The highest BCUT2D eigenvalue weighted by molar-refractivity contribution is 5.91. The van der Waals surface area contributed by atoms with E-state index in [1.54, 1.807) is 0 Å². The minimum Gasteiger partial charge on any atom is -0.393 e. The third-order valence-corrected chi connectivity index (χ3v) is 7.99. The van der Waals surface area contributed by atoms with Crippen LogP contribution in [0.3, 0.4) is 0 Å². The molecule has 7 atom stereocenters. The van der Waals surface area contributed by atoms with Gasteiger partial charge in [0.15, 0.2) is 5.78 Å². The van der Waals surface area contributed by atoms with Crippen molar-refractivity contribution in [3.8, 4) is 0 Å². The Bertz CT molecular complexity index is 496. The maximum absolute atomic E-state index is 11.8. The van der Waals surface area contributed by atoms with Gasteiger partial charge >= 0.3 is 0 Å². The standard InChI is InChI=1S/C19H28O2/c1-18-9-7-13(20)11-12(18)3-4-14-15-5-6-17(21)19(15,2)10-8-16(14)18/h7,9,12,14-17,21H,3-6,8,10-11H2,1-2H3/t12-,14+,15+,16+,17?,18+,19+/m1/s1. The highest BCUT2D eigenvalue weighted by atomic mass is 16.3. The summed E-state index contributed by atoms with van der Waals surface area (Å²) in [5.74, 6) is 3.08. The predicted octanol–water partition coefficient (Wildman–Crippen LogP) is 3.74. The van der Waals surface area contributed by atoms with Gasteiger partial charge in [-0.25, -0.2) is 0 Å². The van der Waals surface area contributed by atoms with Gasteiger partial charge in [0.25, 0.3) is 0 Å². The number of ketones is 1. The van der Waals surface area contributed by atoms with Crippen molar-refractivity contribution in [1.29, 1.82) is 0 Å². The fourth-order valence-corrected chi connectivity index (χ4v) is 6.61. The molecular formula is C19H28O2. The van der Waals surface area contributed by atoms with E-state index in [4.69, 9.17) is 0 Å². The lowest BCUT2D eigenvalue weighted by Crippen LogP contribution is -2.52. The number of aliphatic hydroxyl groups is 1. The molecule has 0 heterocycles. The molecule has 0 aliphatic heterocycles. The first-order valence-electron chi connectivity index (χ1n) is 8.85. The molecule has 2 heteroatoms. The number of rotatable bonds is 0. The molecule has 0 aromatic rings. The van der Waals surface area contributed by atoms with Gasteiger partial charge in [-0.1, -0.05) is 19.9 Å². The quantitative estimate of drug-likeness (QED) is 0.737. The number of allylic oxidation sites excluding steroid dienone is 2. The Hall–Kier alpha value is -0.630. The molecule has 0 spiro atoms. The summed E-state index contributed by atoms with van der Waals surface area (Å²) in [6.45, 7) is 4.74. The molecule has 4 aliphatic rings. The van der Waals surface area contributed by atoms with Crippen LogP contribution in [0.5, 0.6) is 0 Å². The van der Waals surface area contributed by atoms with Gasteiger partial charge in [0.1, 0.15) is 0 Å². The molecule has 0 saturated heterocycles. The lowest BCUT2D eigenvalue weighted by molar-refractivity contribution is -0.123. The van der Waals surface area contributed by atoms with Crippen LogP contribution in [0.2, 0.25) is 0 Å². The lowest BCUT2D eigenvalue weighted by atomic mass is 9.46. The van der Waals surface area contributed by atoms with E-state index in [0.717, 1.165) is 24.7 Å². The van der Waals surface area contributed by atoms with Crippen LogP contribution in [-0.4, -0.2) is 17.0 Å². The van der Waals surface area contributed by atoms with Gasteiger partial charge in [-0.15, -0.1) is 0 Å². The number of hydrogen-bond acceptors (Lipinski definition) is 2. The Kier molecular flexibility index (Phi) is 2.96. The zero-order chi connectivity index (χ0) is 14.8. The van der Waals surface area contributed by atoms with Crippen molar-refractivity contribution in [2.24, 2.45) is 34.5 Å². The van der Waals surface area contributed by atoms with Crippen molar-refractivity contribution in [2.45, 2.75) is 64.9 Å². The van der Waals surface area contributed by atoms with Gasteiger partial charge in [-0.3, -0.25) is 4.79 Å². The summed E-state index contributed by atoms with van der Waals surface area (Å²) in [6.07, 6.45) is 11.9. The van der Waals surface area contributed by atoms with Crippen molar-refractivity contribution in [3.05, 3.63) is 12.2 Å². The average Bonchev–Trinajstić information content (AvgIpc) is 2.76. The van der Waals surface area contributed by atoms with Crippen molar-refractivity contribution >= 4 is 5.78 Å². The van der Waals surface area contributed by atoms with Crippen molar-refractivity contribution < 1.29 is 9.90 Å². The van der Waals surface area contributed by atoms with E-state index < -0.39 is 0 Å². The topological polar surface area (TPSA) is 37.3 Å². The highest BCUT2D eigenvalue weighted by Crippen LogP contribution is 2.64. The third kappa shape index (κ3) is 1.78. The van der Waals surface area contributed by atoms with Gasteiger partial charge < -0.3 is 5.11 Å². The highest BCUT2D eigenvalue weighted by Gasteiger charge is 2.59. The van der Waals surface area contributed by atoms with E-state index in [-0.39, 0.29) is 16.9 Å². The molecule has 2 nitrogen and oxygen atoms in total. The molecule has 0 radical (unpaired) electrons. The normalized spacial score (nSPS) is 55.8. The molecule has 116 valence electrons. The van der Waals surface area contributed by atoms with Crippen molar-refractivity contribution in [2.75, 3.05) is 0 Å². The van der Waals surface area contributed by atoms with Crippen LogP contribution in [0.25, 0.3) is 0 Å². The molecule has 3 fully saturated rings. The van der Waals surface area contributed by atoms with Gasteiger partial charge in [0.2, 0.25) is 0 Å². The van der Waals surface area contributed by atoms with Crippen LogP contribution in [0, 0.1) is 34.5 Å². The summed E-state index contributed by atoms with van der Waals surface area (Å²) in [7, 11) is 0. The largest absolute Gasteiger partial charge is 0.393 e. The van der Waals surface area contributed by atoms with Crippen LogP contribution in [-0.2, 0) is 4.79 Å². The fraction of sp³-hybridized carbons (Fsp3) is 0.842. The number of fused-ring (bicyclic) bond motifs is 5. The van der Waals surface area contributed by atoms with Crippen LogP contribution in [0.15, 0.2) is 12.2 Å². The molecule has 0 amide bonds. The monoisotopic (exact) mass is 288 g/mol. The molecule has 4 aliphatic carbocycles. The van der Waals surface area contributed by atoms with Crippen LogP contribution in [0.4, 0.5) is 0 Å². The van der Waals surface area contributed by atoms with Gasteiger partial charge in [-0.2, -0.15) is 0 Å². The Labute approximate surface area is 128 Å². The number of hydrogen-bond donors (Lipinski definition) is 1. The second kappa shape index (κ2) is 4.44. The van der Waals surface area contributed by atoms with Crippen molar-refractivity contribution in [1.82, 2.24) is 0 Å². The maximum Gasteiger partial charge on any atom is 0.155 e. The Morgan fingerprint density at radius 2 is 1.90 bits per heavy atom. The van der Waals surface area contributed by atoms with E-state index in [2.05, 4.69) is 19.9 Å². The molecule has 0 aromatic heterocycles. The Morgan fingerprint density at radius 3 is 2.71 bits per heavy atom. The zero-order valence-corrected chi connectivity index (χ0v) is 13.3. The van der Waals surface area contributed by atoms with Gasteiger partial charge in [0, 0.05) is 6.42 Å². The molecule has 21 heavy (non-hydrogen) atoms. The second-order valence-corrected chi connectivity index (χ2v) is 8.66. The smallest absolute Gasteiger partial charge is 0.155 e. The molecule has 1 unspecified atom stereocenters. The molecular weight excluding hydrogens is 260 g/mol. The number of carbonyl (C=O) groups is 1. The summed E-state index contributed by atoms with van der Waals surface area (Å²) in [6, 6.07) is 0. The van der Waals surface area contributed by atoms with Gasteiger partial charge in [-0.05, 0) is 79.1 Å². The van der Waals surface area contributed by atoms with Crippen LogP contribution >= 0.6 is 0 Å². The Morgan fingerprint density at radius 1 is 1.10 bits per heavy atom. The summed E-state index contributed by atoms with van der Waals surface area (Å²) in [5.41, 5.74) is 0.393. The van der Waals surface area contributed by atoms with Gasteiger partial charge in [0.05, 0.1) is 6.10 Å². The molecule has 0 aromatic carbocycles. The second-order valence-electron chi connectivity index (χ2n) is 8.66. The first kappa shape index (κ1) is 14.0. The third-order valence-electron chi connectivity index (χ3n) is 7.99. The molecule has 4 rings (SSSR count). The summed E-state index contributed by atoms with van der Waals surface area (Å²) in [5, 5.41) is 10.4. The van der Waals surface area contributed by atoms with Crippen molar-refractivity contribution in [3.63, 3.8) is 0 Å². The predicted molar refractivity (Wildman–Crippen MR) is 82.6 cm³/mol. The summed E-state index contributed by atoms with van der Waals surface area (Å²) < 4.78 is 0. The molecule has 0 bridgehead atoms. The van der Waals surface area contributed by atoms with E-state index in [9.17, 15) is 9.90 Å². The van der Waals surface area contributed by atoms with E-state index in [1.807, 2.05) is 6.08 Å². The Balaban J connectivity index is 1.68. The first-order valence-corrected chi connectivity index (χ1v) is 8.85. The minimum absolute atomic E-state index is 0.0857. The summed E-state index contributed by atoms with van der Waals surface area (Å²) >= 11 is 0. The number of aliphatic hydroxyl groups excluding tert-OH is 1.